The van der Waals surface area contributed by atoms with Gasteiger partial charge in [-0.2, -0.15) is 5.10 Å². The van der Waals surface area contributed by atoms with Gasteiger partial charge >= 0.3 is 0 Å². The summed E-state index contributed by atoms with van der Waals surface area (Å²) < 4.78 is 23.3. The van der Waals surface area contributed by atoms with E-state index in [1.165, 1.54) is 25.1 Å². The van der Waals surface area contributed by atoms with Gasteiger partial charge in [0.1, 0.15) is 5.71 Å². The van der Waals surface area contributed by atoms with E-state index >= 15 is 0 Å². The number of anilines is 1. The lowest BCUT2D eigenvalue weighted by Crippen LogP contribution is -2.42. The summed E-state index contributed by atoms with van der Waals surface area (Å²) in [5, 5.41) is 18.8. The van der Waals surface area contributed by atoms with Crippen LogP contribution in [0.25, 0.3) is 0 Å². The highest BCUT2D eigenvalue weighted by Gasteiger charge is 2.37. The smallest absolute Gasteiger partial charge is 0.274 e. The van der Waals surface area contributed by atoms with Crippen LogP contribution < -0.4 is 5.32 Å². The Morgan fingerprint density at radius 3 is 2.74 bits per heavy atom. The first-order valence-electron chi connectivity index (χ1n) is 8.33. The van der Waals surface area contributed by atoms with E-state index in [0.717, 1.165) is 5.01 Å². The fraction of sp³-hybridized carbons (Fsp3) is 0.438. The van der Waals surface area contributed by atoms with Crippen LogP contribution in [0.1, 0.15) is 24.8 Å². The first kappa shape index (κ1) is 19.0. The van der Waals surface area contributed by atoms with Crippen LogP contribution in [0.5, 0.6) is 0 Å². The highest BCUT2D eigenvalue weighted by molar-refractivity contribution is 7.91. The van der Waals surface area contributed by atoms with Gasteiger partial charge in [0.25, 0.3) is 11.6 Å². The minimum Gasteiger partial charge on any atom is -0.320 e. The Labute approximate surface area is 155 Å². The van der Waals surface area contributed by atoms with Crippen molar-refractivity contribution in [1.82, 2.24) is 5.01 Å². The second-order valence-electron chi connectivity index (χ2n) is 6.50. The highest BCUT2D eigenvalue weighted by atomic mass is 32.2. The number of benzene rings is 1. The molecule has 0 spiro atoms. The lowest BCUT2D eigenvalue weighted by Gasteiger charge is -2.27. The lowest BCUT2D eigenvalue weighted by molar-refractivity contribution is -0.385. The second kappa shape index (κ2) is 7.06. The number of nitro groups is 1. The molecule has 2 aliphatic heterocycles. The van der Waals surface area contributed by atoms with Crippen LogP contribution in [-0.2, 0) is 19.4 Å². The summed E-state index contributed by atoms with van der Waals surface area (Å²) in [5.41, 5.74) is 0.557. The van der Waals surface area contributed by atoms with Crippen LogP contribution in [0, 0.1) is 17.0 Å². The van der Waals surface area contributed by atoms with Crippen LogP contribution >= 0.6 is 0 Å². The molecular formula is C16H18N4O6S. The fourth-order valence-electron chi connectivity index (χ4n) is 3.14. The predicted octanol–water partition coefficient (Wildman–Crippen LogP) is 1.01. The molecule has 0 radical (unpaired) electrons. The van der Waals surface area contributed by atoms with Crippen LogP contribution in [0.15, 0.2) is 23.3 Å². The molecule has 2 amide bonds. The number of rotatable bonds is 4. The fourth-order valence-corrected chi connectivity index (χ4v) is 4.83. The topological polar surface area (TPSA) is 139 Å². The van der Waals surface area contributed by atoms with E-state index in [2.05, 4.69) is 10.4 Å². The van der Waals surface area contributed by atoms with Crippen LogP contribution in [0.3, 0.4) is 0 Å². The van der Waals surface area contributed by atoms with Gasteiger partial charge in [0.15, 0.2) is 9.84 Å². The molecule has 2 aliphatic rings. The average molecular weight is 394 g/mol. The summed E-state index contributed by atoms with van der Waals surface area (Å²) >= 11 is 0. The quantitative estimate of drug-likeness (QED) is 0.597. The normalized spacial score (nSPS) is 21.7. The van der Waals surface area contributed by atoms with Crippen molar-refractivity contribution in [3.05, 3.63) is 33.9 Å². The second-order valence-corrected chi connectivity index (χ2v) is 8.73. The minimum atomic E-state index is -3.20. The molecule has 1 aromatic carbocycles. The number of nitrogens with zero attached hydrogens (tertiary/aromatic N) is 3. The molecule has 0 aliphatic carbocycles. The highest BCUT2D eigenvalue weighted by Crippen LogP contribution is 2.26. The molecule has 27 heavy (non-hydrogen) atoms. The van der Waals surface area contributed by atoms with E-state index in [9.17, 15) is 28.1 Å². The van der Waals surface area contributed by atoms with Crippen molar-refractivity contribution in [2.75, 3.05) is 16.8 Å². The van der Waals surface area contributed by atoms with Crippen LogP contribution in [0.2, 0.25) is 0 Å². The summed E-state index contributed by atoms with van der Waals surface area (Å²) in [7, 11) is -3.20. The lowest BCUT2D eigenvalue weighted by atomic mass is 10.1. The Balaban J connectivity index is 1.80. The molecule has 0 saturated carbocycles. The van der Waals surface area contributed by atoms with Crippen molar-refractivity contribution >= 4 is 38.7 Å². The molecule has 10 nitrogen and oxygen atoms in total. The molecule has 0 aromatic heterocycles. The summed E-state index contributed by atoms with van der Waals surface area (Å²) in [6.07, 6.45) is 0.460. The largest absolute Gasteiger partial charge is 0.320 e. The molecule has 1 saturated heterocycles. The Hall–Kier alpha value is -2.82. The number of hydrazone groups is 1. The monoisotopic (exact) mass is 394 g/mol. The van der Waals surface area contributed by atoms with E-state index in [1.807, 2.05) is 0 Å². The van der Waals surface area contributed by atoms with E-state index < -0.39 is 26.7 Å². The number of nitro benzene ring substituents is 1. The van der Waals surface area contributed by atoms with Gasteiger partial charge in [0.2, 0.25) is 5.91 Å². The maximum Gasteiger partial charge on any atom is 0.274 e. The number of carbonyl (C=O) groups excluding carboxylic acids is 2. The molecule has 1 N–H and O–H groups in total. The van der Waals surface area contributed by atoms with Gasteiger partial charge in [0.05, 0.1) is 33.7 Å². The van der Waals surface area contributed by atoms with Gasteiger partial charge < -0.3 is 5.32 Å². The molecule has 1 atom stereocenters. The Bertz CT molecular complexity index is 956. The molecular weight excluding hydrogens is 376 g/mol. The molecule has 1 aromatic rings. The minimum absolute atomic E-state index is 0.00856. The van der Waals surface area contributed by atoms with E-state index in [-0.39, 0.29) is 53.8 Å². The standard InChI is InChI=1S/C16H18N4O6S/c1-10-12(3-2-4-14(10)20(23)24)17-16(22)13-5-6-15(21)19(18-13)11-7-8-27(25,26)9-11/h2-4,11H,5-9H2,1H3,(H,17,22)/t11-/m1/s1. The number of amides is 2. The maximum absolute atomic E-state index is 12.5. The summed E-state index contributed by atoms with van der Waals surface area (Å²) in [6.45, 7) is 1.52. The van der Waals surface area contributed by atoms with Crippen LogP contribution in [-0.4, -0.2) is 53.4 Å². The van der Waals surface area contributed by atoms with Crippen molar-refractivity contribution in [3.63, 3.8) is 0 Å². The molecule has 0 unspecified atom stereocenters. The summed E-state index contributed by atoms with van der Waals surface area (Å²) in [6, 6.07) is 3.77. The van der Waals surface area contributed by atoms with Gasteiger partial charge in [-0.15, -0.1) is 0 Å². The number of carbonyl (C=O) groups is 2. The molecule has 3 rings (SSSR count). The van der Waals surface area contributed by atoms with Crippen molar-refractivity contribution in [2.24, 2.45) is 5.10 Å². The summed E-state index contributed by atoms with van der Waals surface area (Å²) in [5.74, 6) is -1.07. The van der Waals surface area contributed by atoms with Gasteiger partial charge in [-0.25, -0.2) is 13.4 Å². The molecule has 11 heteroatoms. The van der Waals surface area contributed by atoms with E-state index in [0.29, 0.717) is 5.56 Å². The molecule has 1 fully saturated rings. The zero-order valence-corrected chi connectivity index (χ0v) is 15.4. The number of hydrogen-bond donors (Lipinski definition) is 1. The first-order chi connectivity index (χ1) is 12.7. The van der Waals surface area contributed by atoms with Gasteiger partial charge in [0, 0.05) is 18.9 Å². The third kappa shape index (κ3) is 3.97. The van der Waals surface area contributed by atoms with Crippen molar-refractivity contribution in [3.8, 4) is 0 Å². The Morgan fingerprint density at radius 2 is 2.11 bits per heavy atom. The SMILES string of the molecule is Cc1c(NC(=O)C2=NN([C@@H]3CCS(=O)(=O)C3)C(=O)CC2)cccc1[N+](=O)[O-]. The van der Waals surface area contributed by atoms with E-state index in [1.54, 1.807) is 0 Å². The first-order valence-corrected chi connectivity index (χ1v) is 10.2. The number of hydrogen-bond acceptors (Lipinski definition) is 7. The molecule has 0 bridgehead atoms. The van der Waals surface area contributed by atoms with Crippen LogP contribution in [0.4, 0.5) is 11.4 Å². The van der Waals surface area contributed by atoms with Gasteiger partial charge in [-0.3, -0.25) is 19.7 Å². The van der Waals surface area contributed by atoms with Crippen molar-refractivity contribution in [1.29, 1.82) is 0 Å². The third-order valence-electron chi connectivity index (χ3n) is 4.63. The maximum atomic E-state index is 12.5. The average Bonchev–Trinajstić information content (AvgIpc) is 2.96. The number of sulfone groups is 1. The summed E-state index contributed by atoms with van der Waals surface area (Å²) in [4.78, 5) is 35.1. The van der Waals surface area contributed by atoms with Crippen molar-refractivity contribution in [2.45, 2.75) is 32.2 Å². The molecule has 2 heterocycles. The van der Waals surface area contributed by atoms with Gasteiger partial charge in [-0.05, 0) is 19.4 Å². The zero-order chi connectivity index (χ0) is 19.8. The van der Waals surface area contributed by atoms with Gasteiger partial charge in [-0.1, -0.05) is 6.07 Å². The van der Waals surface area contributed by atoms with E-state index in [4.69, 9.17) is 0 Å². The predicted molar refractivity (Wildman–Crippen MR) is 97.0 cm³/mol. The zero-order valence-electron chi connectivity index (χ0n) is 14.5. The molecule has 144 valence electrons. The third-order valence-corrected chi connectivity index (χ3v) is 6.38. The number of nitrogens with one attached hydrogen (secondary N) is 1. The Kier molecular flexibility index (Phi) is 4.96. The van der Waals surface area contributed by atoms with Crippen molar-refractivity contribution < 1.29 is 22.9 Å². The Morgan fingerprint density at radius 1 is 1.37 bits per heavy atom.